The lowest BCUT2D eigenvalue weighted by molar-refractivity contribution is 0.566. The van der Waals surface area contributed by atoms with Crippen LogP contribution in [0.2, 0.25) is 0 Å². The first kappa shape index (κ1) is 21.6. The second-order valence-electron chi connectivity index (χ2n) is 7.95. The zero-order valence-electron chi connectivity index (χ0n) is 18.1. The highest BCUT2D eigenvalue weighted by Crippen LogP contribution is 2.33. The number of rotatable bonds is 5. The van der Waals surface area contributed by atoms with E-state index in [1.165, 1.54) is 3.97 Å². The molecule has 6 nitrogen and oxygen atoms in total. The molecule has 5 aromatic rings. The third kappa shape index (κ3) is 3.89. The molecular formula is C25H21BrN4O2S. The molecule has 2 aromatic carbocycles. The van der Waals surface area contributed by atoms with Gasteiger partial charge in [0.05, 0.1) is 16.6 Å². The maximum Gasteiger partial charge on any atom is 0.269 e. The standard InChI is InChI=1S/C25H21BrN4O2S/c1-17-8-10-21(11-9-17)33(31,32)30-16-23(22-14-20(26)15-27-25(22)30)24-12-13-29(28-24)18(2)19-6-4-3-5-7-19/h3-16,18H,1-2H3. The molecule has 8 heteroatoms. The van der Waals surface area contributed by atoms with Crippen molar-refractivity contribution in [2.75, 3.05) is 0 Å². The smallest absolute Gasteiger partial charge is 0.265 e. The Labute approximate surface area is 200 Å². The van der Waals surface area contributed by atoms with Crippen LogP contribution in [0.5, 0.6) is 0 Å². The molecule has 5 rings (SSSR count). The van der Waals surface area contributed by atoms with Gasteiger partial charge in [0.15, 0.2) is 5.65 Å². The summed E-state index contributed by atoms with van der Waals surface area (Å²) in [6, 6.07) is 20.7. The Kier molecular flexibility index (Phi) is 5.42. The number of pyridine rings is 1. The van der Waals surface area contributed by atoms with Gasteiger partial charge in [-0.15, -0.1) is 0 Å². The molecule has 1 unspecified atom stereocenters. The molecule has 0 bridgehead atoms. The minimum atomic E-state index is -3.83. The Bertz CT molecular complexity index is 1560. The van der Waals surface area contributed by atoms with Gasteiger partial charge in [0.2, 0.25) is 0 Å². The molecule has 0 amide bonds. The van der Waals surface area contributed by atoms with E-state index in [4.69, 9.17) is 5.10 Å². The highest BCUT2D eigenvalue weighted by atomic mass is 79.9. The van der Waals surface area contributed by atoms with E-state index in [0.717, 1.165) is 15.6 Å². The first-order valence-corrected chi connectivity index (χ1v) is 12.7. The molecule has 0 saturated heterocycles. The Morgan fingerprint density at radius 3 is 2.45 bits per heavy atom. The van der Waals surface area contributed by atoms with Crippen LogP contribution in [-0.2, 0) is 10.0 Å². The number of nitrogens with zero attached hydrogens (tertiary/aromatic N) is 4. The van der Waals surface area contributed by atoms with Gasteiger partial charge in [-0.2, -0.15) is 5.10 Å². The predicted molar refractivity (Wildman–Crippen MR) is 133 cm³/mol. The van der Waals surface area contributed by atoms with Crippen molar-refractivity contribution in [1.82, 2.24) is 18.7 Å². The number of hydrogen-bond donors (Lipinski definition) is 0. The van der Waals surface area contributed by atoms with Gasteiger partial charge in [-0.3, -0.25) is 4.68 Å². The topological polar surface area (TPSA) is 69.8 Å². The van der Waals surface area contributed by atoms with Crippen molar-refractivity contribution in [1.29, 1.82) is 0 Å². The van der Waals surface area contributed by atoms with E-state index in [-0.39, 0.29) is 10.9 Å². The largest absolute Gasteiger partial charge is 0.269 e. The van der Waals surface area contributed by atoms with Crippen LogP contribution in [0.25, 0.3) is 22.3 Å². The van der Waals surface area contributed by atoms with Crippen LogP contribution in [0, 0.1) is 6.92 Å². The van der Waals surface area contributed by atoms with Gasteiger partial charge >= 0.3 is 0 Å². The number of fused-ring (bicyclic) bond motifs is 1. The molecule has 166 valence electrons. The lowest BCUT2D eigenvalue weighted by Gasteiger charge is -2.12. The molecule has 33 heavy (non-hydrogen) atoms. The van der Waals surface area contributed by atoms with Crippen molar-refractivity contribution in [2.24, 2.45) is 0 Å². The van der Waals surface area contributed by atoms with Gasteiger partial charge in [0, 0.05) is 34.0 Å². The lowest BCUT2D eigenvalue weighted by atomic mass is 10.1. The first-order valence-electron chi connectivity index (χ1n) is 10.4. The second-order valence-corrected chi connectivity index (χ2v) is 10.7. The highest BCUT2D eigenvalue weighted by molar-refractivity contribution is 9.10. The summed E-state index contributed by atoms with van der Waals surface area (Å²) in [5.74, 6) is 0. The number of aryl methyl sites for hydroxylation is 1. The molecule has 0 radical (unpaired) electrons. The van der Waals surface area contributed by atoms with Crippen LogP contribution in [0.1, 0.15) is 24.1 Å². The number of benzene rings is 2. The summed E-state index contributed by atoms with van der Waals surface area (Å²) in [4.78, 5) is 4.64. The fraction of sp³-hybridized carbons (Fsp3) is 0.120. The van der Waals surface area contributed by atoms with Crippen molar-refractivity contribution in [2.45, 2.75) is 24.8 Å². The summed E-state index contributed by atoms with van der Waals surface area (Å²) in [5, 5.41) is 5.49. The van der Waals surface area contributed by atoms with E-state index < -0.39 is 10.0 Å². The average Bonchev–Trinajstić information content (AvgIpc) is 3.44. The van der Waals surface area contributed by atoms with Crippen molar-refractivity contribution in [3.8, 4) is 11.3 Å². The van der Waals surface area contributed by atoms with Crippen LogP contribution in [-0.4, -0.2) is 27.2 Å². The van der Waals surface area contributed by atoms with Crippen LogP contribution in [0.3, 0.4) is 0 Å². The maximum absolute atomic E-state index is 13.5. The lowest BCUT2D eigenvalue weighted by Crippen LogP contribution is -2.12. The zero-order chi connectivity index (χ0) is 23.2. The Balaban J connectivity index is 1.64. The van der Waals surface area contributed by atoms with Gasteiger partial charge in [0.25, 0.3) is 10.0 Å². The molecule has 3 heterocycles. The molecule has 3 aromatic heterocycles. The van der Waals surface area contributed by atoms with E-state index in [1.807, 2.05) is 48.1 Å². The van der Waals surface area contributed by atoms with Crippen LogP contribution < -0.4 is 0 Å². The molecule has 0 aliphatic rings. The monoisotopic (exact) mass is 520 g/mol. The van der Waals surface area contributed by atoms with Crippen molar-refractivity contribution in [3.05, 3.63) is 101 Å². The van der Waals surface area contributed by atoms with Crippen molar-refractivity contribution >= 4 is 37.0 Å². The predicted octanol–water partition coefficient (Wildman–Crippen LogP) is 5.82. The molecule has 0 aliphatic carbocycles. The van der Waals surface area contributed by atoms with Crippen molar-refractivity contribution in [3.63, 3.8) is 0 Å². The molecule has 0 saturated carbocycles. The first-order chi connectivity index (χ1) is 15.8. The summed E-state index contributed by atoms with van der Waals surface area (Å²) < 4.78 is 30.8. The molecule has 0 aliphatic heterocycles. The third-order valence-corrected chi connectivity index (χ3v) is 7.82. The second kappa shape index (κ2) is 8.28. The van der Waals surface area contributed by atoms with E-state index >= 15 is 0 Å². The molecule has 1 atom stereocenters. The quantitative estimate of drug-likeness (QED) is 0.293. The normalized spacial score (nSPS) is 12.8. The summed E-state index contributed by atoms with van der Waals surface area (Å²) >= 11 is 3.46. The molecule has 0 N–H and O–H groups in total. The summed E-state index contributed by atoms with van der Waals surface area (Å²) in [5.41, 5.74) is 3.88. The SMILES string of the molecule is Cc1ccc(S(=O)(=O)n2cc(-c3ccn(C(C)c4ccccc4)n3)c3cc(Br)cnc32)cc1. The molecule has 0 spiro atoms. The summed E-state index contributed by atoms with van der Waals surface area (Å²) in [6.45, 7) is 4.00. The van der Waals surface area contributed by atoms with Gasteiger partial charge in [-0.1, -0.05) is 48.0 Å². The number of aromatic nitrogens is 4. The summed E-state index contributed by atoms with van der Waals surface area (Å²) in [7, 11) is -3.83. The molecule has 0 fully saturated rings. The van der Waals surface area contributed by atoms with E-state index in [2.05, 4.69) is 40.0 Å². The fourth-order valence-corrected chi connectivity index (χ4v) is 5.50. The van der Waals surface area contributed by atoms with Gasteiger partial charge < -0.3 is 0 Å². The van der Waals surface area contributed by atoms with E-state index in [9.17, 15) is 8.42 Å². The highest BCUT2D eigenvalue weighted by Gasteiger charge is 2.24. The maximum atomic E-state index is 13.5. The van der Waals surface area contributed by atoms with Crippen LogP contribution in [0.4, 0.5) is 0 Å². The fourth-order valence-electron chi connectivity index (χ4n) is 3.85. The minimum absolute atomic E-state index is 0.0365. The zero-order valence-corrected chi connectivity index (χ0v) is 20.5. The van der Waals surface area contributed by atoms with Gasteiger partial charge in [-0.25, -0.2) is 17.4 Å². The van der Waals surface area contributed by atoms with Crippen LogP contribution >= 0.6 is 15.9 Å². The Hall–Kier alpha value is -3.23. The Morgan fingerprint density at radius 2 is 1.73 bits per heavy atom. The van der Waals surface area contributed by atoms with Gasteiger partial charge in [-0.05, 0) is 59.6 Å². The average molecular weight is 521 g/mol. The minimum Gasteiger partial charge on any atom is -0.265 e. The third-order valence-electron chi connectivity index (χ3n) is 5.72. The van der Waals surface area contributed by atoms with Crippen molar-refractivity contribution < 1.29 is 8.42 Å². The molecular weight excluding hydrogens is 500 g/mol. The van der Waals surface area contributed by atoms with Crippen LogP contribution in [0.15, 0.2) is 94.7 Å². The Morgan fingerprint density at radius 1 is 1.00 bits per heavy atom. The van der Waals surface area contributed by atoms with E-state index in [1.54, 1.807) is 36.7 Å². The van der Waals surface area contributed by atoms with Gasteiger partial charge in [0.1, 0.15) is 0 Å². The number of hydrogen-bond acceptors (Lipinski definition) is 4. The van der Waals surface area contributed by atoms with E-state index in [0.29, 0.717) is 22.3 Å². The number of halogens is 1. The summed E-state index contributed by atoms with van der Waals surface area (Å²) in [6.07, 6.45) is 5.12.